The zero-order chi connectivity index (χ0) is 18.9. The molecular formula is C19H30BrN5O. The molecule has 2 rings (SSSR count). The van der Waals surface area contributed by atoms with Crippen molar-refractivity contribution >= 4 is 27.8 Å². The minimum absolute atomic E-state index is 0.120. The van der Waals surface area contributed by atoms with Crippen LogP contribution in [0.25, 0.3) is 0 Å². The predicted molar refractivity (Wildman–Crippen MR) is 110 cm³/mol. The lowest BCUT2D eigenvalue weighted by atomic mass is 10.0. The van der Waals surface area contributed by atoms with Crippen LogP contribution in [0.1, 0.15) is 24.8 Å². The van der Waals surface area contributed by atoms with Crippen molar-refractivity contribution in [1.82, 2.24) is 20.4 Å². The second kappa shape index (κ2) is 10.5. The zero-order valence-electron chi connectivity index (χ0n) is 16.0. The molecule has 144 valence electrons. The van der Waals surface area contributed by atoms with Crippen LogP contribution < -0.4 is 10.6 Å². The van der Waals surface area contributed by atoms with Crippen LogP contribution in [0.5, 0.6) is 0 Å². The summed E-state index contributed by atoms with van der Waals surface area (Å²) in [5.41, 5.74) is 1.35. The Kier molecular flexibility index (Phi) is 8.38. The van der Waals surface area contributed by atoms with E-state index in [2.05, 4.69) is 60.7 Å². The summed E-state index contributed by atoms with van der Waals surface area (Å²) in [5.74, 6) is 0.900. The molecular weight excluding hydrogens is 394 g/mol. The third-order valence-corrected chi connectivity index (χ3v) is 5.13. The van der Waals surface area contributed by atoms with Crippen molar-refractivity contribution in [1.29, 1.82) is 0 Å². The fourth-order valence-corrected chi connectivity index (χ4v) is 3.25. The second-order valence-corrected chi connectivity index (χ2v) is 7.77. The van der Waals surface area contributed by atoms with Gasteiger partial charge in [-0.3, -0.25) is 14.7 Å². The van der Waals surface area contributed by atoms with E-state index in [4.69, 9.17) is 0 Å². The standard InChI is InChI=1S/C19H30BrN5O/c1-21-19(22-11-8-18(26)24(2)3)23-17-9-12-25(13-10-17)14-15-4-6-16(20)7-5-15/h4-7,17H,8-14H2,1-3H3,(H2,21,22,23). The largest absolute Gasteiger partial charge is 0.356 e. The van der Waals surface area contributed by atoms with Gasteiger partial charge in [-0.1, -0.05) is 28.1 Å². The second-order valence-electron chi connectivity index (χ2n) is 6.86. The summed E-state index contributed by atoms with van der Waals surface area (Å²) in [6.45, 7) is 3.74. The van der Waals surface area contributed by atoms with Gasteiger partial charge in [0, 0.05) is 64.3 Å². The topological polar surface area (TPSA) is 60.0 Å². The van der Waals surface area contributed by atoms with Crippen molar-refractivity contribution in [2.45, 2.75) is 31.8 Å². The average Bonchev–Trinajstić information content (AvgIpc) is 2.64. The summed E-state index contributed by atoms with van der Waals surface area (Å²) >= 11 is 3.48. The number of nitrogens with one attached hydrogen (secondary N) is 2. The molecule has 0 saturated carbocycles. The monoisotopic (exact) mass is 423 g/mol. The Hall–Kier alpha value is -1.60. The quantitative estimate of drug-likeness (QED) is 0.542. The number of carbonyl (C=O) groups excluding carboxylic acids is 1. The smallest absolute Gasteiger partial charge is 0.223 e. The first-order valence-electron chi connectivity index (χ1n) is 9.12. The average molecular weight is 424 g/mol. The van der Waals surface area contributed by atoms with Crippen molar-refractivity contribution in [2.24, 2.45) is 4.99 Å². The number of hydrogen-bond donors (Lipinski definition) is 2. The third kappa shape index (κ3) is 6.96. The number of nitrogens with zero attached hydrogens (tertiary/aromatic N) is 3. The molecule has 2 N–H and O–H groups in total. The lowest BCUT2D eigenvalue weighted by Crippen LogP contribution is -2.48. The van der Waals surface area contributed by atoms with Gasteiger partial charge in [-0.2, -0.15) is 0 Å². The molecule has 0 atom stereocenters. The van der Waals surface area contributed by atoms with Gasteiger partial charge in [0.2, 0.25) is 5.91 Å². The molecule has 7 heteroatoms. The molecule has 1 amide bonds. The molecule has 1 heterocycles. The summed E-state index contributed by atoms with van der Waals surface area (Å²) in [6.07, 6.45) is 2.65. The molecule has 0 aromatic heterocycles. The van der Waals surface area contributed by atoms with Crippen LogP contribution in [0, 0.1) is 0 Å². The molecule has 6 nitrogen and oxygen atoms in total. The molecule has 0 aliphatic carbocycles. The Morgan fingerprint density at radius 3 is 2.50 bits per heavy atom. The van der Waals surface area contributed by atoms with Crippen LogP contribution in [0.2, 0.25) is 0 Å². The van der Waals surface area contributed by atoms with Gasteiger partial charge in [-0.25, -0.2) is 0 Å². The molecule has 1 aliphatic rings. The molecule has 0 spiro atoms. The first kappa shape index (κ1) is 20.7. The number of aliphatic imine (C=N–C) groups is 1. The summed E-state index contributed by atoms with van der Waals surface area (Å²) in [4.78, 5) is 20.0. The van der Waals surface area contributed by atoms with Gasteiger partial charge >= 0.3 is 0 Å². The van der Waals surface area contributed by atoms with E-state index in [1.165, 1.54) is 5.56 Å². The van der Waals surface area contributed by atoms with Gasteiger partial charge in [0.1, 0.15) is 0 Å². The molecule has 1 saturated heterocycles. The maximum atomic E-state index is 11.6. The summed E-state index contributed by atoms with van der Waals surface area (Å²) < 4.78 is 1.12. The highest BCUT2D eigenvalue weighted by Gasteiger charge is 2.20. The van der Waals surface area contributed by atoms with Crippen LogP contribution >= 0.6 is 15.9 Å². The summed E-state index contributed by atoms with van der Waals surface area (Å²) in [5, 5.41) is 6.71. The van der Waals surface area contributed by atoms with E-state index in [1.807, 2.05) is 0 Å². The van der Waals surface area contributed by atoms with Gasteiger partial charge in [0.05, 0.1) is 0 Å². The van der Waals surface area contributed by atoms with Crippen molar-refractivity contribution in [3.63, 3.8) is 0 Å². The lowest BCUT2D eigenvalue weighted by molar-refractivity contribution is -0.128. The fourth-order valence-electron chi connectivity index (χ4n) is 2.98. The highest BCUT2D eigenvalue weighted by atomic mass is 79.9. The van der Waals surface area contributed by atoms with Gasteiger partial charge in [0.25, 0.3) is 0 Å². The van der Waals surface area contributed by atoms with E-state index < -0.39 is 0 Å². The number of carbonyl (C=O) groups is 1. The SMILES string of the molecule is CN=C(NCCC(=O)N(C)C)NC1CCN(Cc2ccc(Br)cc2)CC1. The van der Waals surface area contributed by atoms with Crippen LogP contribution in [-0.2, 0) is 11.3 Å². The van der Waals surface area contributed by atoms with E-state index in [-0.39, 0.29) is 5.91 Å². The summed E-state index contributed by atoms with van der Waals surface area (Å²) in [7, 11) is 5.32. The van der Waals surface area contributed by atoms with Gasteiger partial charge in [0.15, 0.2) is 5.96 Å². The van der Waals surface area contributed by atoms with Crippen LogP contribution in [0.4, 0.5) is 0 Å². The maximum Gasteiger partial charge on any atom is 0.223 e. The predicted octanol–water partition coefficient (Wildman–Crippen LogP) is 2.06. The van der Waals surface area contributed by atoms with Crippen LogP contribution in [-0.4, -0.2) is 68.5 Å². The molecule has 1 aliphatic heterocycles. The molecule has 1 fully saturated rings. The van der Waals surface area contributed by atoms with Crippen molar-refractivity contribution in [3.05, 3.63) is 34.3 Å². The number of hydrogen-bond acceptors (Lipinski definition) is 3. The van der Waals surface area contributed by atoms with E-state index >= 15 is 0 Å². The molecule has 1 aromatic carbocycles. The van der Waals surface area contributed by atoms with Gasteiger partial charge in [-0.05, 0) is 30.5 Å². The van der Waals surface area contributed by atoms with E-state index in [0.29, 0.717) is 19.0 Å². The maximum absolute atomic E-state index is 11.6. The highest BCUT2D eigenvalue weighted by Crippen LogP contribution is 2.16. The molecule has 0 unspecified atom stereocenters. The zero-order valence-corrected chi connectivity index (χ0v) is 17.6. The number of guanidine groups is 1. The molecule has 0 bridgehead atoms. The minimum atomic E-state index is 0.120. The Bertz CT molecular complexity index is 594. The van der Waals surface area contributed by atoms with Crippen LogP contribution in [0.15, 0.2) is 33.7 Å². The number of rotatable bonds is 6. The lowest BCUT2D eigenvalue weighted by Gasteiger charge is -2.33. The van der Waals surface area contributed by atoms with Gasteiger partial charge in [-0.15, -0.1) is 0 Å². The molecule has 0 radical (unpaired) electrons. The third-order valence-electron chi connectivity index (χ3n) is 4.60. The Balaban J connectivity index is 1.69. The first-order chi connectivity index (χ1) is 12.5. The van der Waals surface area contributed by atoms with Crippen molar-refractivity contribution < 1.29 is 4.79 Å². The van der Waals surface area contributed by atoms with E-state index in [1.54, 1.807) is 26.0 Å². The first-order valence-corrected chi connectivity index (χ1v) is 9.91. The summed E-state index contributed by atoms with van der Waals surface area (Å²) in [6, 6.07) is 8.97. The van der Waals surface area contributed by atoms with E-state index in [0.717, 1.165) is 42.9 Å². The number of piperidine rings is 1. The Morgan fingerprint density at radius 2 is 1.92 bits per heavy atom. The number of amides is 1. The van der Waals surface area contributed by atoms with Crippen molar-refractivity contribution in [3.8, 4) is 0 Å². The van der Waals surface area contributed by atoms with Crippen LogP contribution in [0.3, 0.4) is 0 Å². The Morgan fingerprint density at radius 1 is 1.27 bits per heavy atom. The van der Waals surface area contributed by atoms with Gasteiger partial charge < -0.3 is 15.5 Å². The molecule has 1 aromatic rings. The molecule has 26 heavy (non-hydrogen) atoms. The van der Waals surface area contributed by atoms with Crippen molar-refractivity contribution in [2.75, 3.05) is 40.8 Å². The van der Waals surface area contributed by atoms with E-state index in [9.17, 15) is 4.79 Å². The number of halogens is 1. The highest BCUT2D eigenvalue weighted by molar-refractivity contribution is 9.10. The number of benzene rings is 1. The number of likely N-dealkylation sites (tertiary alicyclic amines) is 1. The Labute approximate surface area is 165 Å². The normalized spacial score (nSPS) is 16.4. The minimum Gasteiger partial charge on any atom is -0.356 e. The fraction of sp³-hybridized carbons (Fsp3) is 0.579.